The number of halogens is 1. The van der Waals surface area contributed by atoms with Gasteiger partial charge in [-0.15, -0.1) is 0 Å². The third kappa shape index (κ3) is 4.07. The maximum absolute atomic E-state index is 12.3. The molecule has 4 nitrogen and oxygen atoms in total. The molecule has 0 radical (unpaired) electrons. The van der Waals surface area contributed by atoms with Crippen LogP contribution in [0.3, 0.4) is 0 Å². The van der Waals surface area contributed by atoms with E-state index in [-0.39, 0.29) is 11.8 Å². The number of amides is 1. The zero-order chi connectivity index (χ0) is 15.3. The minimum absolute atomic E-state index is 0.00925. The molecule has 2 atom stereocenters. The van der Waals surface area contributed by atoms with Crippen LogP contribution in [-0.4, -0.2) is 25.0 Å². The van der Waals surface area contributed by atoms with Gasteiger partial charge in [0.1, 0.15) is 6.04 Å². The number of benzene rings is 1. The predicted octanol–water partition coefficient (Wildman–Crippen LogP) is 3.08. The number of aryl methyl sites for hydroxylation is 1. The normalized spacial score (nSPS) is 13.4. The van der Waals surface area contributed by atoms with E-state index in [4.69, 9.17) is 4.74 Å². The number of ether oxygens (including phenoxy) is 1. The Morgan fingerprint density at radius 2 is 2.05 bits per heavy atom. The first-order chi connectivity index (χ1) is 9.40. The molecule has 0 aliphatic carbocycles. The Balaban J connectivity index is 2.96. The molecule has 1 rings (SSSR count). The van der Waals surface area contributed by atoms with Crippen LogP contribution < -0.4 is 5.32 Å². The Kier molecular flexibility index (Phi) is 6.20. The largest absolute Gasteiger partial charge is 0.467 e. The molecule has 0 heterocycles. The van der Waals surface area contributed by atoms with Crippen molar-refractivity contribution in [2.24, 2.45) is 5.92 Å². The number of rotatable bonds is 5. The fourth-order valence-electron chi connectivity index (χ4n) is 1.83. The van der Waals surface area contributed by atoms with Gasteiger partial charge in [-0.1, -0.05) is 31.9 Å². The van der Waals surface area contributed by atoms with E-state index in [1.54, 1.807) is 6.07 Å². The van der Waals surface area contributed by atoms with Gasteiger partial charge < -0.3 is 10.1 Å². The molecule has 0 aliphatic rings. The number of hydrogen-bond acceptors (Lipinski definition) is 3. The highest BCUT2D eigenvalue weighted by molar-refractivity contribution is 9.10. The van der Waals surface area contributed by atoms with Crippen molar-refractivity contribution in [2.45, 2.75) is 33.2 Å². The fourth-order valence-corrected chi connectivity index (χ4v) is 2.25. The summed E-state index contributed by atoms with van der Waals surface area (Å²) in [5.41, 5.74) is 1.50. The average Bonchev–Trinajstić information content (AvgIpc) is 2.45. The summed E-state index contributed by atoms with van der Waals surface area (Å²) in [6.07, 6.45) is 0.773. The molecule has 5 heteroatoms. The van der Waals surface area contributed by atoms with Crippen molar-refractivity contribution in [3.63, 3.8) is 0 Å². The zero-order valence-electron chi connectivity index (χ0n) is 12.2. The second-order valence-corrected chi connectivity index (χ2v) is 5.70. The van der Waals surface area contributed by atoms with Crippen molar-refractivity contribution in [2.75, 3.05) is 7.11 Å². The van der Waals surface area contributed by atoms with Crippen molar-refractivity contribution < 1.29 is 14.3 Å². The average molecular weight is 342 g/mol. The van der Waals surface area contributed by atoms with Gasteiger partial charge in [0, 0.05) is 4.47 Å². The van der Waals surface area contributed by atoms with Gasteiger partial charge in [-0.3, -0.25) is 4.79 Å². The highest BCUT2D eigenvalue weighted by Gasteiger charge is 2.27. The molecule has 20 heavy (non-hydrogen) atoms. The van der Waals surface area contributed by atoms with Gasteiger partial charge in [-0.05, 0) is 40.9 Å². The number of methoxy groups -OCH3 is 1. The van der Waals surface area contributed by atoms with Crippen molar-refractivity contribution in [1.29, 1.82) is 0 Å². The van der Waals surface area contributed by atoms with Crippen LogP contribution in [0.15, 0.2) is 22.7 Å². The molecule has 2 unspecified atom stereocenters. The van der Waals surface area contributed by atoms with E-state index < -0.39 is 12.0 Å². The molecule has 1 N–H and O–H groups in total. The fraction of sp³-hybridized carbons (Fsp3) is 0.467. The summed E-state index contributed by atoms with van der Waals surface area (Å²) >= 11 is 3.35. The van der Waals surface area contributed by atoms with E-state index in [0.717, 1.165) is 12.0 Å². The lowest BCUT2D eigenvalue weighted by Gasteiger charge is -2.22. The molecule has 110 valence electrons. The van der Waals surface area contributed by atoms with Gasteiger partial charge in [0.15, 0.2) is 0 Å². The van der Waals surface area contributed by atoms with Crippen LogP contribution in [0.1, 0.15) is 36.2 Å². The minimum Gasteiger partial charge on any atom is -0.467 e. The van der Waals surface area contributed by atoms with Crippen LogP contribution in [0.2, 0.25) is 0 Å². The van der Waals surface area contributed by atoms with Crippen LogP contribution in [-0.2, 0) is 9.53 Å². The van der Waals surface area contributed by atoms with Gasteiger partial charge in [0.25, 0.3) is 5.91 Å². The van der Waals surface area contributed by atoms with Crippen molar-refractivity contribution in [1.82, 2.24) is 5.32 Å². The Morgan fingerprint density at radius 1 is 1.40 bits per heavy atom. The maximum Gasteiger partial charge on any atom is 0.328 e. The Bertz CT molecular complexity index is 502. The minimum atomic E-state index is -0.634. The number of carbonyl (C=O) groups excluding carboxylic acids is 2. The molecule has 0 bridgehead atoms. The Hall–Kier alpha value is -1.36. The summed E-state index contributed by atoms with van der Waals surface area (Å²) in [7, 11) is 1.33. The van der Waals surface area contributed by atoms with Crippen molar-refractivity contribution >= 4 is 27.8 Å². The van der Waals surface area contributed by atoms with E-state index in [1.165, 1.54) is 7.11 Å². The monoisotopic (exact) mass is 341 g/mol. The lowest BCUT2D eigenvalue weighted by Crippen LogP contribution is -2.45. The highest BCUT2D eigenvalue weighted by Crippen LogP contribution is 2.19. The van der Waals surface area contributed by atoms with Gasteiger partial charge >= 0.3 is 5.97 Å². The molecule has 0 fully saturated rings. The second kappa shape index (κ2) is 7.43. The first-order valence-electron chi connectivity index (χ1n) is 6.55. The van der Waals surface area contributed by atoms with E-state index in [0.29, 0.717) is 10.0 Å². The molecule has 1 aromatic carbocycles. The summed E-state index contributed by atoms with van der Waals surface area (Å²) in [6, 6.07) is 4.88. The lowest BCUT2D eigenvalue weighted by atomic mass is 9.98. The van der Waals surface area contributed by atoms with Crippen molar-refractivity contribution in [3.05, 3.63) is 33.8 Å². The second-order valence-electron chi connectivity index (χ2n) is 4.84. The van der Waals surface area contributed by atoms with E-state index >= 15 is 0 Å². The van der Waals surface area contributed by atoms with E-state index in [1.807, 2.05) is 32.9 Å². The molecule has 1 amide bonds. The number of nitrogens with one attached hydrogen (secondary N) is 1. The van der Waals surface area contributed by atoms with Crippen LogP contribution in [0.4, 0.5) is 0 Å². The van der Waals surface area contributed by atoms with Gasteiger partial charge in [0.05, 0.1) is 12.7 Å². The van der Waals surface area contributed by atoms with Crippen molar-refractivity contribution in [3.8, 4) is 0 Å². The molecule has 0 saturated carbocycles. The first kappa shape index (κ1) is 16.7. The van der Waals surface area contributed by atoms with Crippen LogP contribution in [0.25, 0.3) is 0 Å². The Labute approximate surface area is 128 Å². The van der Waals surface area contributed by atoms with E-state index in [2.05, 4.69) is 21.2 Å². The summed E-state index contributed by atoms with van der Waals surface area (Å²) < 4.78 is 5.46. The molecule has 0 spiro atoms. The van der Waals surface area contributed by atoms with Gasteiger partial charge in [-0.25, -0.2) is 4.79 Å². The summed E-state index contributed by atoms with van der Waals surface area (Å²) in [6.45, 7) is 5.79. The van der Waals surface area contributed by atoms with Gasteiger partial charge in [-0.2, -0.15) is 0 Å². The summed E-state index contributed by atoms with van der Waals surface area (Å²) in [5, 5.41) is 2.76. The molecule has 0 saturated heterocycles. The van der Waals surface area contributed by atoms with Gasteiger partial charge in [0.2, 0.25) is 0 Å². The standard InChI is InChI=1S/C15H20BrNO3/c1-5-10(3)13(15(19)20-4)17-14(18)11-8-9(2)6-7-12(11)16/h6-8,10,13H,5H2,1-4H3,(H,17,18). The number of hydrogen-bond donors (Lipinski definition) is 1. The highest BCUT2D eigenvalue weighted by atomic mass is 79.9. The molecular formula is C15H20BrNO3. The molecule has 0 aliphatic heterocycles. The molecule has 0 aromatic heterocycles. The Morgan fingerprint density at radius 3 is 2.60 bits per heavy atom. The molecule has 1 aromatic rings. The smallest absolute Gasteiger partial charge is 0.328 e. The van der Waals surface area contributed by atoms with E-state index in [9.17, 15) is 9.59 Å². The first-order valence-corrected chi connectivity index (χ1v) is 7.34. The topological polar surface area (TPSA) is 55.4 Å². The van der Waals surface area contributed by atoms with Crippen LogP contribution >= 0.6 is 15.9 Å². The summed E-state index contributed by atoms with van der Waals surface area (Å²) in [5.74, 6) is -0.692. The third-order valence-corrected chi connectivity index (χ3v) is 4.01. The summed E-state index contributed by atoms with van der Waals surface area (Å²) in [4.78, 5) is 24.1. The number of esters is 1. The third-order valence-electron chi connectivity index (χ3n) is 3.32. The SMILES string of the molecule is CCC(C)C(NC(=O)c1cc(C)ccc1Br)C(=O)OC. The van der Waals surface area contributed by atoms with Crippen LogP contribution in [0, 0.1) is 12.8 Å². The van der Waals surface area contributed by atoms with Crippen LogP contribution in [0.5, 0.6) is 0 Å². The number of carbonyl (C=O) groups is 2. The zero-order valence-corrected chi connectivity index (χ0v) is 13.8. The molecular weight excluding hydrogens is 322 g/mol. The maximum atomic E-state index is 12.3. The quantitative estimate of drug-likeness (QED) is 0.837. The predicted molar refractivity (Wildman–Crippen MR) is 81.6 cm³/mol. The lowest BCUT2D eigenvalue weighted by molar-refractivity contribution is -0.144.